The molecule has 7 nitrogen and oxygen atoms in total. The molecule has 7 heteroatoms. The molecule has 1 aromatic carbocycles. The molecule has 1 N–H and O–H groups in total. The molecule has 1 aliphatic heterocycles. The van der Waals surface area contributed by atoms with Gasteiger partial charge >= 0.3 is 0 Å². The van der Waals surface area contributed by atoms with E-state index in [4.69, 9.17) is 0 Å². The SMILES string of the molecule is O=C(Cc1ccc(-n2cccn2)cc1)N1CCCC(c2ncn[nH]2)C1. The van der Waals surface area contributed by atoms with Crippen LogP contribution in [0.3, 0.4) is 0 Å². The van der Waals surface area contributed by atoms with E-state index >= 15 is 0 Å². The number of likely N-dealkylation sites (tertiary alicyclic amines) is 1. The summed E-state index contributed by atoms with van der Waals surface area (Å²) in [6, 6.07) is 9.85. The third-order valence-electron chi connectivity index (χ3n) is 4.66. The van der Waals surface area contributed by atoms with Crippen LogP contribution >= 0.6 is 0 Å². The summed E-state index contributed by atoms with van der Waals surface area (Å²) in [7, 11) is 0. The van der Waals surface area contributed by atoms with Gasteiger partial charge in [-0.05, 0) is 36.6 Å². The average Bonchev–Trinajstić information content (AvgIpc) is 3.36. The van der Waals surface area contributed by atoms with Crippen molar-refractivity contribution in [3.05, 3.63) is 60.4 Å². The van der Waals surface area contributed by atoms with Crippen LogP contribution in [0.1, 0.15) is 30.1 Å². The van der Waals surface area contributed by atoms with Gasteiger partial charge in [0.1, 0.15) is 12.2 Å². The van der Waals surface area contributed by atoms with Gasteiger partial charge < -0.3 is 4.90 Å². The van der Waals surface area contributed by atoms with E-state index in [1.54, 1.807) is 10.9 Å². The predicted molar refractivity (Wildman–Crippen MR) is 92.2 cm³/mol. The Kier molecular flexibility index (Phi) is 4.28. The van der Waals surface area contributed by atoms with E-state index in [9.17, 15) is 4.79 Å². The van der Waals surface area contributed by atoms with Crippen LogP contribution < -0.4 is 0 Å². The van der Waals surface area contributed by atoms with E-state index in [1.165, 1.54) is 6.33 Å². The van der Waals surface area contributed by atoms with Gasteiger partial charge in [0.25, 0.3) is 0 Å². The Hall–Kier alpha value is -2.96. The molecule has 25 heavy (non-hydrogen) atoms. The molecule has 0 saturated carbocycles. The maximum absolute atomic E-state index is 12.7. The highest BCUT2D eigenvalue weighted by molar-refractivity contribution is 5.79. The number of aromatic nitrogens is 5. The van der Waals surface area contributed by atoms with Gasteiger partial charge in [0.05, 0.1) is 12.1 Å². The van der Waals surface area contributed by atoms with E-state index in [2.05, 4.69) is 20.3 Å². The summed E-state index contributed by atoms with van der Waals surface area (Å²) in [6.45, 7) is 1.52. The first-order valence-electron chi connectivity index (χ1n) is 8.51. The molecule has 0 radical (unpaired) electrons. The summed E-state index contributed by atoms with van der Waals surface area (Å²) < 4.78 is 1.80. The lowest BCUT2D eigenvalue weighted by molar-refractivity contribution is -0.131. The lowest BCUT2D eigenvalue weighted by atomic mass is 9.97. The van der Waals surface area contributed by atoms with Crippen molar-refractivity contribution in [2.24, 2.45) is 0 Å². The maximum atomic E-state index is 12.7. The fourth-order valence-corrected chi connectivity index (χ4v) is 3.31. The van der Waals surface area contributed by atoms with Gasteiger partial charge in [-0.2, -0.15) is 10.2 Å². The molecule has 1 aliphatic rings. The summed E-state index contributed by atoms with van der Waals surface area (Å²) in [5.74, 6) is 1.29. The minimum Gasteiger partial charge on any atom is -0.342 e. The van der Waals surface area contributed by atoms with Crippen molar-refractivity contribution < 1.29 is 4.79 Å². The Morgan fingerprint density at radius 1 is 1.28 bits per heavy atom. The number of nitrogens with one attached hydrogen (secondary N) is 1. The van der Waals surface area contributed by atoms with Crippen LogP contribution in [-0.4, -0.2) is 48.9 Å². The summed E-state index contributed by atoms with van der Waals surface area (Å²) >= 11 is 0. The van der Waals surface area contributed by atoms with Gasteiger partial charge in [-0.15, -0.1) is 0 Å². The number of H-pyrrole nitrogens is 1. The quantitative estimate of drug-likeness (QED) is 0.789. The third kappa shape index (κ3) is 3.45. The second-order valence-electron chi connectivity index (χ2n) is 6.34. The monoisotopic (exact) mass is 336 g/mol. The highest BCUT2D eigenvalue weighted by Gasteiger charge is 2.26. The highest BCUT2D eigenvalue weighted by Crippen LogP contribution is 2.24. The smallest absolute Gasteiger partial charge is 0.227 e. The molecule has 2 aromatic heterocycles. The van der Waals surface area contributed by atoms with E-state index in [0.717, 1.165) is 36.5 Å². The molecular weight excluding hydrogens is 316 g/mol. The minimum atomic E-state index is 0.163. The molecule has 0 spiro atoms. The molecule has 128 valence electrons. The molecule has 1 saturated heterocycles. The third-order valence-corrected chi connectivity index (χ3v) is 4.66. The summed E-state index contributed by atoms with van der Waals surface area (Å²) in [4.78, 5) is 18.8. The fourth-order valence-electron chi connectivity index (χ4n) is 3.31. The first kappa shape index (κ1) is 15.6. The Morgan fingerprint density at radius 3 is 2.88 bits per heavy atom. The zero-order valence-electron chi connectivity index (χ0n) is 13.9. The van der Waals surface area contributed by atoms with Crippen LogP contribution in [0.25, 0.3) is 5.69 Å². The molecule has 1 amide bonds. The number of benzene rings is 1. The summed E-state index contributed by atoms with van der Waals surface area (Å²) in [5.41, 5.74) is 2.01. The summed E-state index contributed by atoms with van der Waals surface area (Å²) in [5, 5.41) is 11.1. The number of nitrogens with zero attached hydrogens (tertiary/aromatic N) is 5. The fraction of sp³-hybridized carbons (Fsp3) is 0.333. The van der Waals surface area contributed by atoms with Gasteiger partial charge in [-0.3, -0.25) is 9.89 Å². The van der Waals surface area contributed by atoms with Crippen LogP contribution in [0, 0.1) is 0 Å². The Labute approximate surface area is 145 Å². The molecular formula is C18H20N6O. The molecule has 1 unspecified atom stereocenters. The predicted octanol–water partition coefficient (Wildman–Crippen LogP) is 1.94. The number of hydrogen-bond donors (Lipinski definition) is 1. The zero-order chi connectivity index (χ0) is 17.1. The second-order valence-corrected chi connectivity index (χ2v) is 6.34. The van der Waals surface area contributed by atoms with E-state index < -0.39 is 0 Å². The topological polar surface area (TPSA) is 79.7 Å². The largest absolute Gasteiger partial charge is 0.342 e. The van der Waals surface area contributed by atoms with Crippen molar-refractivity contribution >= 4 is 5.91 Å². The van der Waals surface area contributed by atoms with E-state index in [-0.39, 0.29) is 11.8 Å². The maximum Gasteiger partial charge on any atom is 0.227 e. The van der Waals surface area contributed by atoms with Gasteiger partial charge in [-0.1, -0.05) is 12.1 Å². The van der Waals surface area contributed by atoms with Crippen molar-refractivity contribution in [2.75, 3.05) is 13.1 Å². The number of aromatic amines is 1. The Morgan fingerprint density at radius 2 is 2.16 bits per heavy atom. The molecule has 0 aliphatic carbocycles. The average molecular weight is 336 g/mol. The van der Waals surface area contributed by atoms with Crippen LogP contribution in [0.5, 0.6) is 0 Å². The van der Waals surface area contributed by atoms with Gasteiger partial charge in [-0.25, -0.2) is 9.67 Å². The number of hydrogen-bond acceptors (Lipinski definition) is 4. The lowest BCUT2D eigenvalue weighted by Gasteiger charge is -2.31. The van der Waals surface area contributed by atoms with Crippen molar-refractivity contribution in [3.63, 3.8) is 0 Å². The van der Waals surface area contributed by atoms with Crippen LogP contribution in [0.2, 0.25) is 0 Å². The zero-order valence-corrected chi connectivity index (χ0v) is 13.9. The molecule has 3 heterocycles. The first-order valence-corrected chi connectivity index (χ1v) is 8.51. The van der Waals surface area contributed by atoms with Crippen molar-refractivity contribution in [2.45, 2.75) is 25.2 Å². The Bertz CT molecular complexity index is 810. The van der Waals surface area contributed by atoms with Crippen LogP contribution in [0.4, 0.5) is 0 Å². The van der Waals surface area contributed by atoms with E-state index in [1.807, 2.05) is 41.4 Å². The van der Waals surface area contributed by atoms with Crippen molar-refractivity contribution in [3.8, 4) is 5.69 Å². The van der Waals surface area contributed by atoms with E-state index in [0.29, 0.717) is 13.0 Å². The first-order chi connectivity index (χ1) is 12.3. The molecule has 0 bridgehead atoms. The van der Waals surface area contributed by atoms with Crippen LogP contribution in [0.15, 0.2) is 49.1 Å². The second kappa shape index (κ2) is 6.88. The number of rotatable bonds is 4. The lowest BCUT2D eigenvalue weighted by Crippen LogP contribution is -2.40. The van der Waals surface area contributed by atoms with Crippen LogP contribution in [-0.2, 0) is 11.2 Å². The number of amides is 1. The number of piperidine rings is 1. The molecule has 1 atom stereocenters. The number of carbonyl (C=O) groups excluding carboxylic acids is 1. The van der Waals surface area contributed by atoms with Gasteiger partial charge in [0.15, 0.2) is 0 Å². The van der Waals surface area contributed by atoms with Crippen molar-refractivity contribution in [1.82, 2.24) is 29.9 Å². The van der Waals surface area contributed by atoms with Gasteiger partial charge in [0, 0.05) is 31.4 Å². The number of carbonyl (C=O) groups is 1. The van der Waals surface area contributed by atoms with Gasteiger partial charge in [0.2, 0.25) is 5.91 Å². The minimum absolute atomic E-state index is 0.163. The molecule has 4 rings (SSSR count). The molecule has 1 fully saturated rings. The standard InChI is InChI=1S/C18H20N6O/c25-17(23-9-1-3-15(12-23)18-19-13-20-22-18)11-14-4-6-16(7-5-14)24-10-2-8-21-24/h2,4-8,10,13,15H,1,3,9,11-12H2,(H,19,20,22). The summed E-state index contributed by atoms with van der Waals surface area (Å²) in [6.07, 6.45) is 7.63. The molecule has 3 aromatic rings. The highest BCUT2D eigenvalue weighted by atomic mass is 16.2. The van der Waals surface area contributed by atoms with Crippen molar-refractivity contribution in [1.29, 1.82) is 0 Å². The normalized spacial score (nSPS) is 17.6. The Balaban J connectivity index is 1.39.